The first-order valence-corrected chi connectivity index (χ1v) is 6.37. The maximum atomic E-state index is 13.0. The van der Waals surface area contributed by atoms with Crippen molar-refractivity contribution in [2.75, 3.05) is 11.1 Å². The van der Waals surface area contributed by atoms with Gasteiger partial charge in [0.1, 0.15) is 0 Å². The molecule has 0 saturated heterocycles. The summed E-state index contributed by atoms with van der Waals surface area (Å²) in [5.74, 6) is 0.000299. The van der Waals surface area contributed by atoms with Crippen molar-refractivity contribution in [3.8, 4) is 0 Å². The minimum Gasteiger partial charge on any atom is -0.394 e. The van der Waals surface area contributed by atoms with Crippen LogP contribution in [-0.4, -0.2) is 9.97 Å². The average Bonchev–Trinajstić information content (AvgIpc) is 2.36. The molecular formula is C12H9Cl2F3N4. The molecule has 0 amide bonds. The van der Waals surface area contributed by atoms with Gasteiger partial charge < -0.3 is 11.1 Å². The third-order valence-electron chi connectivity index (χ3n) is 2.65. The van der Waals surface area contributed by atoms with Crippen molar-refractivity contribution in [3.63, 3.8) is 0 Å². The highest BCUT2D eigenvalue weighted by Crippen LogP contribution is 2.38. The van der Waals surface area contributed by atoms with Gasteiger partial charge in [-0.2, -0.15) is 18.2 Å². The van der Waals surface area contributed by atoms with Crippen LogP contribution < -0.4 is 11.1 Å². The topological polar surface area (TPSA) is 63.8 Å². The van der Waals surface area contributed by atoms with E-state index in [0.717, 1.165) is 6.07 Å². The number of anilines is 3. The van der Waals surface area contributed by atoms with Crippen LogP contribution in [0, 0.1) is 6.92 Å². The van der Waals surface area contributed by atoms with Gasteiger partial charge in [0.15, 0.2) is 5.82 Å². The highest BCUT2D eigenvalue weighted by molar-refractivity contribution is 6.30. The van der Waals surface area contributed by atoms with Crippen LogP contribution in [0.15, 0.2) is 18.2 Å². The normalized spacial score (nSPS) is 11.5. The molecule has 1 aromatic heterocycles. The molecule has 9 heteroatoms. The molecule has 0 bridgehead atoms. The smallest absolute Gasteiger partial charge is 0.394 e. The summed E-state index contributed by atoms with van der Waals surface area (Å²) in [5, 5.41) is 2.37. The second-order valence-electron chi connectivity index (χ2n) is 4.15. The van der Waals surface area contributed by atoms with Gasteiger partial charge in [-0.1, -0.05) is 11.6 Å². The fraction of sp³-hybridized carbons (Fsp3) is 0.167. The van der Waals surface area contributed by atoms with Crippen molar-refractivity contribution >= 4 is 40.4 Å². The second-order valence-corrected chi connectivity index (χ2v) is 4.93. The van der Waals surface area contributed by atoms with Gasteiger partial charge >= 0.3 is 6.18 Å². The molecule has 0 saturated carbocycles. The lowest BCUT2D eigenvalue weighted by Crippen LogP contribution is -2.11. The van der Waals surface area contributed by atoms with Crippen LogP contribution in [0.3, 0.4) is 0 Å². The Labute approximate surface area is 128 Å². The Hall–Kier alpha value is -1.73. The number of benzene rings is 1. The number of nitrogens with zero attached hydrogens (tertiary/aromatic N) is 2. The van der Waals surface area contributed by atoms with Gasteiger partial charge in [-0.15, -0.1) is 0 Å². The molecular weight excluding hydrogens is 328 g/mol. The number of nitrogens with two attached hydrogens (primary N) is 1. The zero-order chi connectivity index (χ0) is 15.8. The summed E-state index contributed by atoms with van der Waals surface area (Å²) in [7, 11) is 0. The molecule has 0 spiro atoms. The minimum absolute atomic E-state index is 0.000299. The highest BCUT2D eigenvalue weighted by Gasteiger charge is 2.34. The van der Waals surface area contributed by atoms with E-state index in [2.05, 4.69) is 15.3 Å². The van der Waals surface area contributed by atoms with E-state index in [9.17, 15) is 13.2 Å². The SMILES string of the molecule is Cc1nc(Cl)nc(Nc2ccc(Cl)cc2C(F)(F)F)c1N. The average molecular weight is 337 g/mol. The first-order chi connectivity index (χ1) is 9.68. The molecule has 3 N–H and O–H groups in total. The summed E-state index contributed by atoms with van der Waals surface area (Å²) in [6.07, 6.45) is -4.58. The number of hydrogen-bond acceptors (Lipinski definition) is 4. The molecule has 1 heterocycles. The number of rotatable bonds is 2. The number of halogens is 5. The van der Waals surface area contributed by atoms with Crippen LogP contribution in [0.5, 0.6) is 0 Å². The van der Waals surface area contributed by atoms with Gasteiger partial charge in [-0.05, 0) is 36.7 Å². The first-order valence-electron chi connectivity index (χ1n) is 5.62. The van der Waals surface area contributed by atoms with Crippen LogP contribution in [-0.2, 0) is 6.18 Å². The lowest BCUT2D eigenvalue weighted by molar-refractivity contribution is -0.136. The fourth-order valence-corrected chi connectivity index (χ4v) is 2.01. The van der Waals surface area contributed by atoms with Gasteiger partial charge in [0, 0.05) is 5.02 Å². The van der Waals surface area contributed by atoms with Gasteiger partial charge in [0.2, 0.25) is 5.28 Å². The standard InChI is InChI=1S/C12H9Cl2F3N4/c1-5-9(18)10(21-11(14)19-5)20-8-3-2-6(13)4-7(8)12(15,16)17/h2-4H,18H2,1H3,(H,19,20,21). The second kappa shape index (κ2) is 5.57. The lowest BCUT2D eigenvalue weighted by atomic mass is 10.1. The van der Waals surface area contributed by atoms with E-state index in [1.807, 2.05) is 0 Å². The number of alkyl halides is 3. The molecule has 0 atom stereocenters. The van der Waals surface area contributed by atoms with E-state index in [4.69, 9.17) is 28.9 Å². The molecule has 0 fully saturated rings. The van der Waals surface area contributed by atoms with Crippen molar-refractivity contribution in [2.45, 2.75) is 13.1 Å². The summed E-state index contributed by atoms with van der Waals surface area (Å²) in [6.45, 7) is 1.57. The van der Waals surface area contributed by atoms with Crippen LogP contribution in [0.2, 0.25) is 10.3 Å². The molecule has 21 heavy (non-hydrogen) atoms. The van der Waals surface area contributed by atoms with E-state index >= 15 is 0 Å². The van der Waals surface area contributed by atoms with Crippen molar-refractivity contribution in [1.82, 2.24) is 9.97 Å². The third kappa shape index (κ3) is 3.48. The predicted octanol–water partition coefficient (Wildman–Crippen LogP) is 4.44. The summed E-state index contributed by atoms with van der Waals surface area (Å²) in [4.78, 5) is 7.60. The predicted molar refractivity (Wildman–Crippen MR) is 75.9 cm³/mol. The van der Waals surface area contributed by atoms with E-state index in [0.29, 0.717) is 5.69 Å². The van der Waals surface area contributed by atoms with E-state index in [1.54, 1.807) is 6.92 Å². The number of hydrogen-bond donors (Lipinski definition) is 2. The monoisotopic (exact) mass is 336 g/mol. The molecule has 4 nitrogen and oxygen atoms in total. The Morgan fingerprint density at radius 2 is 1.86 bits per heavy atom. The van der Waals surface area contributed by atoms with Gasteiger partial charge in [0.25, 0.3) is 0 Å². The maximum Gasteiger partial charge on any atom is 0.418 e. The van der Waals surface area contributed by atoms with Crippen LogP contribution in [0.1, 0.15) is 11.3 Å². The number of nitrogens with one attached hydrogen (secondary N) is 1. The molecule has 0 aliphatic rings. The van der Waals surface area contributed by atoms with Crippen LogP contribution >= 0.6 is 23.2 Å². The Morgan fingerprint density at radius 3 is 2.48 bits per heavy atom. The zero-order valence-corrected chi connectivity index (χ0v) is 12.1. The molecule has 1 aromatic carbocycles. The van der Waals surface area contributed by atoms with Crippen molar-refractivity contribution < 1.29 is 13.2 Å². The van der Waals surface area contributed by atoms with Crippen LogP contribution in [0.4, 0.5) is 30.4 Å². The number of aryl methyl sites for hydroxylation is 1. The van der Waals surface area contributed by atoms with Gasteiger partial charge in [0.05, 0.1) is 22.6 Å². The van der Waals surface area contributed by atoms with E-state index in [1.165, 1.54) is 12.1 Å². The Kier molecular flexibility index (Phi) is 4.15. The summed E-state index contributed by atoms with van der Waals surface area (Å²) in [5.41, 5.74) is 5.05. The Balaban J connectivity index is 2.50. The largest absolute Gasteiger partial charge is 0.418 e. The summed E-state index contributed by atoms with van der Waals surface area (Å²) in [6, 6.07) is 3.33. The third-order valence-corrected chi connectivity index (χ3v) is 3.05. The Bertz CT molecular complexity index is 689. The maximum absolute atomic E-state index is 13.0. The van der Waals surface area contributed by atoms with Crippen molar-refractivity contribution in [2.24, 2.45) is 0 Å². The van der Waals surface area contributed by atoms with Crippen LogP contribution in [0.25, 0.3) is 0 Å². The van der Waals surface area contributed by atoms with Gasteiger partial charge in [-0.3, -0.25) is 0 Å². The first kappa shape index (κ1) is 15.7. The van der Waals surface area contributed by atoms with E-state index in [-0.39, 0.29) is 27.5 Å². The molecule has 0 unspecified atom stereocenters. The number of aromatic nitrogens is 2. The Morgan fingerprint density at radius 1 is 1.19 bits per heavy atom. The fourth-order valence-electron chi connectivity index (χ4n) is 1.63. The van der Waals surface area contributed by atoms with E-state index < -0.39 is 11.7 Å². The lowest BCUT2D eigenvalue weighted by Gasteiger charge is -2.16. The number of nitrogen functional groups attached to an aromatic ring is 1. The van der Waals surface area contributed by atoms with Crippen molar-refractivity contribution in [3.05, 3.63) is 39.8 Å². The molecule has 2 aromatic rings. The minimum atomic E-state index is -4.58. The zero-order valence-electron chi connectivity index (χ0n) is 10.6. The summed E-state index contributed by atoms with van der Waals surface area (Å²) < 4.78 is 39.0. The highest BCUT2D eigenvalue weighted by atomic mass is 35.5. The molecule has 0 aliphatic carbocycles. The molecule has 112 valence electrons. The molecule has 0 aliphatic heterocycles. The summed E-state index contributed by atoms with van der Waals surface area (Å²) >= 11 is 11.3. The quantitative estimate of drug-likeness (QED) is 0.796. The van der Waals surface area contributed by atoms with Gasteiger partial charge in [-0.25, -0.2) is 4.98 Å². The van der Waals surface area contributed by atoms with Crippen molar-refractivity contribution in [1.29, 1.82) is 0 Å². The molecule has 0 radical (unpaired) electrons. The molecule has 2 rings (SSSR count).